The molecule has 3 aliphatic rings. The first-order valence-electron chi connectivity index (χ1n) is 10.4. The lowest BCUT2D eigenvalue weighted by Gasteiger charge is -2.36. The van der Waals surface area contributed by atoms with Crippen molar-refractivity contribution in [2.24, 2.45) is 5.92 Å². The second-order valence-electron chi connectivity index (χ2n) is 8.46. The van der Waals surface area contributed by atoms with Gasteiger partial charge >= 0.3 is 0 Å². The minimum absolute atomic E-state index is 0.586. The molecule has 0 saturated carbocycles. The minimum Gasteiger partial charge on any atom is -0.496 e. The molecule has 4 heteroatoms. The van der Waals surface area contributed by atoms with Gasteiger partial charge in [0.15, 0.2) is 0 Å². The van der Waals surface area contributed by atoms with Crippen molar-refractivity contribution in [1.82, 2.24) is 10.2 Å². The second kappa shape index (κ2) is 7.77. The van der Waals surface area contributed by atoms with Gasteiger partial charge in [0.05, 0.1) is 14.2 Å². The molecule has 2 bridgehead atoms. The molecule has 1 aromatic carbocycles. The quantitative estimate of drug-likeness (QED) is 0.810. The molecule has 2 aliphatic heterocycles. The van der Waals surface area contributed by atoms with Gasteiger partial charge < -0.3 is 14.8 Å². The zero-order chi connectivity index (χ0) is 18.1. The van der Waals surface area contributed by atoms with E-state index in [0.29, 0.717) is 6.04 Å². The molecular formula is C22H34N2O2. The maximum absolute atomic E-state index is 5.65. The predicted octanol–water partition coefficient (Wildman–Crippen LogP) is 3.41. The van der Waals surface area contributed by atoms with Gasteiger partial charge in [-0.3, -0.25) is 4.90 Å². The van der Waals surface area contributed by atoms with E-state index in [9.17, 15) is 0 Å². The molecule has 4 nitrogen and oxygen atoms in total. The van der Waals surface area contributed by atoms with E-state index < -0.39 is 0 Å². The number of fused-ring (bicyclic) bond motifs is 3. The first kappa shape index (κ1) is 18.1. The zero-order valence-corrected chi connectivity index (χ0v) is 16.6. The number of nitrogens with zero attached hydrogens (tertiary/aromatic N) is 1. The van der Waals surface area contributed by atoms with Gasteiger partial charge in [0.25, 0.3) is 0 Å². The van der Waals surface area contributed by atoms with Gasteiger partial charge in [0.1, 0.15) is 11.5 Å². The molecule has 2 heterocycles. The third-order valence-corrected chi connectivity index (χ3v) is 6.76. The third-order valence-electron chi connectivity index (χ3n) is 6.76. The highest BCUT2D eigenvalue weighted by molar-refractivity contribution is 5.52. The summed E-state index contributed by atoms with van der Waals surface area (Å²) in [6.07, 6.45) is 8.91. The van der Waals surface area contributed by atoms with Crippen LogP contribution in [0, 0.1) is 5.92 Å². The first-order valence-corrected chi connectivity index (χ1v) is 10.4. The second-order valence-corrected chi connectivity index (χ2v) is 8.46. The van der Waals surface area contributed by atoms with Crippen molar-refractivity contribution in [3.63, 3.8) is 0 Å². The number of hydrogen-bond donors (Lipinski definition) is 1. The molecule has 4 rings (SSSR count). The van der Waals surface area contributed by atoms with Crippen molar-refractivity contribution in [2.45, 2.75) is 70.0 Å². The summed E-state index contributed by atoms with van der Waals surface area (Å²) in [4.78, 5) is 2.77. The van der Waals surface area contributed by atoms with Crippen molar-refractivity contribution in [3.05, 3.63) is 23.3 Å². The summed E-state index contributed by atoms with van der Waals surface area (Å²) < 4.78 is 11.3. The Morgan fingerprint density at radius 2 is 1.58 bits per heavy atom. The molecule has 0 radical (unpaired) electrons. The normalized spacial score (nSPS) is 27.8. The predicted molar refractivity (Wildman–Crippen MR) is 105 cm³/mol. The lowest BCUT2D eigenvalue weighted by Crippen LogP contribution is -2.45. The fourth-order valence-electron chi connectivity index (χ4n) is 5.65. The fraction of sp³-hybridized carbons (Fsp3) is 0.727. The Morgan fingerprint density at radius 1 is 1.00 bits per heavy atom. The molecule has 2 saturated heterocycles. The Balaban J connectivity index is 1.49. The zero-order valence-electron chi connectivity index (χ0n) is 16.6. The smallest absolute Gasteiger partial charge is 0.122 e. The van der Waals surface area contributed by atoms with Crippen LogP contribution in [0.3, 0.4) is 0 Å². The van der Waals surface area contributed by atoms with Crippen LogP contribution in [0.25, 0.3) is 0 Å². The summed E-state index contributed by atoms with van der Waals surface area (Å²) in [5.41, 5.74) is 2.73. The van der Waals surface area contributed by atoms with Crippen LogP contribution >= 0.6 is 0 Å². The van der Waals surface area contributed by atoms with Gasteiger partial charge in [-0.1, -0.05) is 6.92 Å². The van der Waals surface area contributed by atoms with Gasteiger partial charge in [0, 0.05) is 35.8 Å². The van der Waals surface area contributed by atoms with Crippen LogP contribution in [-0.2, 0) is 12.8 Å². The highest BCUT2D eigenvalue weighted by atomic mass is 16.5. The van der Waals surface area contributed by atoms with Gasteiger partial charge in [-0.15, -0.1) is 0 Å². The lowest BCUT2D eigenvalue weighted by atomic mass is 9.91. The SMILES string of the molecule is CCCN(C[C@@H]1C[C@H]2CC[C@@H](C1)N2)C1Cc2c(OC)ccc(OC)c2C1. The van der Waals surface area contributed by atoms with E-state index in [1.807, 2.05) is 0 Å². The molecule has 1 aliphatic carbocycles. The monoisotopic (exact) mass is 358 g/mol. The molecule has 0 amide bonds. The van der Waals surface area contributed by atoms with E-state index in [1.54, 1.807) is 14.2 Å². The number of rotatable bonds is 7. The van der Waals surface area contributed by atoms with E-state index in [0.717, 1.165) is 42.3 Å². The van der Waals surface area contributed by atoms with Gasteiger partial charge in [-0.25, -0.2) is 0 Å². The standard InChI is InChI=1S/C22H34N2O2/c1-4-9-24(14-15-10-16-5-6-17(11-15)23-16)18-12-19-20(13-18)22(26-3)8-7-21(19)25-2/h7-8,15-18,23H,4-6,9-14H2,1-3H3/t15-,16-,17+. The van der Waals surface area contributed by atoms with E-state index in [4.69, 9.17) is 9.47 Å². The Kier molecular flexibility index (Phi) is 5.42. The lowest BCUT2D eigenvalue weighted by molar-refractivity contribution is 0.143. The number of ether oxygens (including phenoxy) is 2. The molecule has 0 aromatic heterocycles. The van der Waals surface area contributed by atoms with Crippen LogP contribution in [0.2, 0.25) is 0 Å². The summed E-state index contributed by atoms with van der Waals surface area (Å²) in [6.45, 7) is 4.76. The van der Waals surface area contributed by atoms with Crippen molar-refractivity contribution in [2.75, 3.05) is 27.3 Å². The maximum Gasteiger partial charge on any atom is 0.122 e. The molecular weight excluding hydrogens is 324 g/mol. The van der Waals surface area contributed by atoms with Crippen molar-refractivity contribution < 1.29 is 9.47 Å². The largest absolute Gasteiger partial charge is 0.496 e. The topological polar surface area (TPSA) is 33.7 Å². The number of methoxy groups -OCH3 is 2. The number of benzene rings is 1. The Morgan fingerprint density at radius 3 is 2.08 bits per heavy atom. The molecule has 144 valence electrons. The summed E-state index contributed by atoms with van der Waals surface area (Å²) in [6, 6.07) is 6.28. The molecule has 0 spiro atoms. The number of piperidine rings is 1. The minimum atomic E-state index is 0.586. The van der Waals surface area contributed by atoms with E-state index >= 15 is 0 Å². The van der Waals surface area contributed by atoms with Gasteiger partial charge in [0.2, 0.25) is 0 Å². The maximum atomic E-state index is 5.65. The van der Waals surface area contributed by atoms with E-state index in [-0.39, 0.29) is 0 Å². The van der Waals surface area contributed by atoms with Crippen LogP contribution in [0.4, 0.5) is 0 Å². The van der Waals surface area contributed by atoms with Crippen LogP contribution in [0.1, 0.15) is 50.2 Å². The molecule has 26 heavy (non-hydrogen) atoms. The number of nitrogens with one attached hydrogen (secondary N) is 1. The fourth-order valence-corrected chi connectivity index (χ4v) is 5.65. The summed E-state index contributed by atoms with van der Waals surface area (Å²) in [5, 5.41) is 3.79. The molecule has 2 fully saturated rings. The highest BCUT2D eigenvalue weighted by Gasteiger charge is 2.36. The van der Waals surface area contributed by atoms with Gasteiger partial charge in [-0.2, -0.15) is 0 Å². The van der Waals surface area contributed by atoms with Crippen molar-refractivity contribution in [3.8, 4) is 11.5 Å². The van der Waals surface area contributed by atoms with Crippen LogP contribution in [-0.4, -0.2) is 50.3 Å². The third kappa shape index (κ3) is 3.46. The average Bonchev–Trinajstić information content (AvgIpc) is 3.24. The molecule has 0 unspecified atom stereocenters. The van der Waals surface area contributed by atoms with E-state index in [2.05, 4.69) is 29.3 Å². The average molecular weight is 359 g/mol. The summed E-state index contributed by atoms with van der Waals surface area (Å²) in [7, 11) is 3.56. The van der Waals surface area contributed by atoms with Crippen molar-refractivity contribution >= 4 is 0 Å². The van der Waals surface area contributed by atoms with E-state index in [1.165, 1.54) is 56.3 Å². The molecule has 3 atom stereocenters. The molecule has 1 aromatic rings. The van der Waals surface area contributed by atoms with Gasteiger partial charge in [-0.05, 0) is 69.5 Å². The highest BCUT2D eigenvalue weighted by Crippen LogP contribution is 2.39. The van der Waals surface area contributed by atoms with Crippen molar-refractivity contribution in [1.29, 1.82) is 0 Å². The Labute approximate surface area is 158 Å². The summed E-state index contributed by atoms with van der Waals surface area (Å²) in [5.74, 6) is 2.91. The number of hydrogen-bond acceptors (Lipinski definition) is 4. The molecule has 1 N–H and O–H groups in total. The Hall–Kier alpha value is -1.26. The van der Waals surface area contributed by atoms with Crippen LogP contribution in [0.5, 0.6) is 11.5 Å². The first-order chi connectivity index (χ1) is 12.7. The summed E-state index contributed by atoms with van der Waals surface area (Å²) >= 11 is 0. The Bertz CT molecular complexity index is 588. The van der Waals surface area contributed by atoms with Crippen LogP contribution < -0.4 is 14.8 Å². The van der Waals surface area contributed by atoms with Crippen LogP contribution in [0.15, 0.2) is 12.1 Å².